The number of nitrogens with two attached hydrogens (primary N) is 2. The summed E-state index contributed by atoms with van der Waals surface area (Å²) in [5.74, 6) is 0. The Hall–Kier alpha value is -1.46. The molecule has 2 heterocycles. The maximum atomic E-state index is 5.88. The van der Waals surface area contributed by atoms with E-state index in [9.17, 15) is 0 Å². The van der Waals surface area contributed by atoms with E-state index < -0.39 is 0 Å². The van der Waals surface area contributed by atoms with Crippen LogP contribution in [-0.2, 0) is 13.6 Å². The first-order chi connectivity index (χ1) is 7.16. The standard InChI is InChI=1S/C10H16N5/c1-14-4-2-3-8(6-14)7-15-10(12)9(11)5-13-15/h2-6,9-10H,7,11-12H2,1H3/q+1. The van der Waals surface area contributed by atoms with Gasteiger partial charge in [0, 0.05) is 17.8 Å². The third kappa shape index (κ3) is 2.14. The highest BCUT2D eigenvalue weighted by Crippen LogP contribution is 2.10. The van der Waals surface area contributed by atoms with E-state index in [1.54, 1.807) is 11.2 Å². The molecule has 2 rings (SSSR count). The predicted octanol–water partition coefficient (Wildman–Crippen LogP) is -1.08. The fraction of sp³-hybridized carbons (Fsp3) is 0.400. The molecular formula is C10H16N5+. The molecule has 80 valence electrons. The number of hydrazone groups is 1. The van der Waals surface area contributed by atoms with Crippen molar-refractivity contribution in [2.24, 2.45) is 23.6 Å². The first kappa shape index (κ1) is 10.1. The molecule has 1 aliphatic heterocycles. The molecule has 0 fully saturated rings. The lowest BCUT2D eigenvalue weighted by molar-refractivity contribution is -0.672. The van der Waals surface area contributed by atoms with Gasteiger partial charge >= 0.3 is 0 Å². The molecule has 0 bridgehead atoms. The molecule has 1 aromatic rings. The minimum Gasteiger partial charge on any atom is -0.320 e. The summed E-state index contributed by atoms with van der Waals surface area (Å²) >= 11 is 0. The number of nitrogens with zero attached hydrogens (tertiary/aromatic N) is 3. The summed E-state index contributed by atoms with van der Waals surface area (Å²) in [5.41, 5.74) is 12.8. The van der Waals surface area contributed by atoms with Gasteiger partial charge in [0.1, 0.15) is 13.2 Å². The zero-order valence-corrected chi connectivity index (χ0v) is 8.74. The molecule has 5 nitrogen and oxygen atoms in total. The van der Waals surface area contributed by atoms with Crippen molar-refractivity contribution in [2.75, 3.05) is 0 Å². The Morgan fingerprint density at radius 3 is 2.93 bits per heavy atom. The van der Waals surface area contributed by atoms with E-state index in [1.807, 2.05) is 36.1 Å². The largest absolute Gasteiger partial charge is 0.320 e. The minimum atomic E-state index is -0.212. The van der Waals surface area contributed by atoms with E-state index >= 15 is 0 Å². The molecule has 15 heavy (non-hydrogen) atoms. The zero-order valence-electron chi connectivity index (χ0n) is 8.74. The molecule has 1 aromatic heterocycles. The highest BCUT2D eigenvalue weighted by Gasteiger charge is 2.24. The number of hydrogen-bond donors (Lipinski definition) is 2. The van der Waals surface area contributed by atoms with Crippen LogP contribution in [0, 0.1) is 0 Å². The van der Waals surface area contributed by atoms with Gasteiger partial charge in [-0.25, -0.2) is 4.57 Å². The van der Waals surface area contributed by atoms with E-state index in [2.05, 4.69) is 5.10 Å². The molecule has 0 spiro atoms. The lowest BCUT2D eigenvalue weighted by atomic mass is 10.2. The Balaban J connectivity index is 2.07. The summed E-state index contributed by atoms with van der Waals surface area (Å²) in [5, 5.41) is 5.98. The van der Waals surface area contributed by atoms with Crippen molar-refractivity contribution in [1.82, 2.24) is 5.01 Å². The normalized spacial score (nSPS) is 24.9. The van der Waals surface area contributed by atoms with Gasteiger partial charge < -0.3 is 11.5 Å². The van der Waals surface area contributed by atoms with Crippen molar-refractivity contribution < 1.29 is 4.57 Å². The first-order valence-corrected chi connectivity index (χ1v) is 4.93. The predicted molar refractivity (Wildman–Crippen MR) is 57.6 cm³/mol. The maximum absolute atomic E-state index is 5.88. The molecule has 0 radical (unpaired) electrons. The number of pyridine rings is 1. The summed E-state index contributed by atoms with van der Waals surface area (Å²) < 4.78 is 2.00. The SMILES string of the molecule is C[n+]1cccc(CN2N=CC(N)C2N)c1. The van der Waals surface area contributed by atoms with Gasteiger partial charge in [-0.05, 0) is 6.07 Å². The lowest BCUT2D eigenvalue weighted by Crippen LogP contribution is -2.47. The fourth-order valence-corrected chi connectivity index (χ4v) is 1.60. The summed E-state index contributed by atoms with van der Waals surface area (Å²) in [4.78, 5) is 0. The molecule has 2 unspecified atom stereocenters. The smallest absolute Gasteiger partial charge is 0.173 e. The van der Waals surface area contributed by atoms with Crippen LogP contribution in [0.1, 0.15) is 5.56 Å². The van der Waals surface area contributed by atoms with Gasteiger partial charge in [-0.2, -0.15) is 5.10 Å². The summed E-state index contributed by atoms with van der Waals surface area (Å²) in [6.07, 6.45) is 5.51. The Labute approximate surface area is 89.0 Å². The second-order valence-corrected chi connectivity index (χ2v) is 3.81. The van der Waals surface area contributed by atoms with Gasteiger partial charge in [-0.1, -0.05) is 0 Å². The van der Waals surface area contributed by atoms with Crippen molar-refractivity contribution in [1.29, 1.82) is 0 Å². The van der Waals surface area contributed by atoms with Gasteiger partial charge in [0.15, 0.2) is 12.4 Å². The van der Waals surface area contributed by atoms with Crippen LogP contribution in [0.5, 0.6) is 0 Å². The van der Waals surface area contributed by atoms with Crippen LogP contribution in [0.2, 0.25) is 0 Å². The second kappa shape index (κ2) is 3.96. The van der Waals surface area contributed by atoms with Crippen molar-refractivity contribution in [3.63, 3.8) is 0 Å². The molecule has 0 aromatic carbocycles. The molecule has 2 atom stereocenters. The van der Waals surface area contributed by atoms with Crippen molar-refractivity contribution in [3.05, 3.63) is 30.1 Å². The number of rotatable bonds is 2. The van der Waals surface area contributed by atoms with Gasteiger partial charge in [-0.15, -0.1) is 0 Å². The molecule has 5 heteroatoms. The zero-order chi connectivity index (χ0) is 10.8. The Bertz CT molecular complexity index is 376. The highest BCUT2D eigenvalue weighted by atomic mass is 15.5. The van der Waals surface area contributed by atoms with Crippen LogP contribution < -0.4 is 16.0 Å². The minimum absolute atomic E-state index is 0.164. The van der Waals surface area contributed by atoms with Crippen LogP contribution in [-0.4, -0.2) is 23.4 Å². The topological polar surface area (TPSA) is 71.5 Å². The molecule has 4 N–H and O–H groups in total. The molecule has 0 aliphatic carbocycles. The lowest BCUT2D eigenvalue weighted by Gasteiger charge is -2.21. The monoisotopic (exact) mass is 206 g/mol. The fourth-order valence-electron chi connectivity index (χ4n) is 1.60. The highest BCUT2D eigenvalue weighted by molar-refractivity contribution is 5.66. The molecule has 0 saturated heterocycles. The average Bonchev–Trinajstić information content (AvgIpc) is 2.50. The van der Waals surface area contributed by atoms with E-state index in [4.69, 9.17) is 11.5 Å². The molecular weight excluding hydrogens is 190 g/mol. The molecule has 1 aliphatic rings. The van der Waals surface area contributed by atoms with E-state index in [-0.39, 0.29) is 12.2 Å². The Morgan fingerprint density at radius 2 is 2.33 bits per heavy atom. The number of hydrogen-bond acceptors (Lipinski definition) is 4. The second-order valence-electron chi connectivity index (χ2n) is 3.81. The van der Waals surface area contributed by atoms with E-state index in [0.717, 1.165) is 0 Å². The van der Waals surface area contributed by atoms with Gasteiger partial charge in [0.25, 0.3) is 0 Å². The molecule has 0 amide bonds. The van der Waals surface area contributed by atoms with Crippen molar-refractivity contribution in [3.8, 4) is 0 Å². The Kier molecular flexibility index (Phi) is 2.66. The summed E-state index contributed by atoms with van der Waals surface area (Å²) in [6, 6.07) is 3.88. The van der Waals surface area contributed by atoms with E-state index in [1.165, 1.54) is 5.56 Å². The quantitative estimate of drug-likeness (QED) is 0.605. The van der Waals surface area contributed by atoms with Crippen LogP contribution in [0.25, 0.3) is 0 Å². The van der Waals surface area contributed by atoms with Crippen LogP contribution in [0.3, 0.4) is 0 Å². The van der Waals surface area contributed by atoms with Crippen LogP contribution in [0.15, 0.2) is 29.6 Å². The van der Waals surface area contributed by atoms with E-state index in [0.29, 0.717) is 6.54 Å². The third-order valence-corrected chi connectivity index (χ3v) is 2.47. The molecule has 0 saturated carbocycles. The summed E-state index contributed by atoms with van der Waals surface area (Å²) in [6.45, 7) is 0.694. The number of aryl methyl sites for hydroxylation is 1. The third-order valence-electron chi connectivity index (χ3n) is 2.47. The maximum Gasteiger partial charge on any atom is 0.173 e. The van der Waals surface area contributed by atoms with Crippen LogP contribution >= 0.6 is 0 Å². The number of aromatic nitrogens is 1. The van der Waals surface area contributed by atoms with Crippen molar-refractivity contribution in [2.45, 2.75) is 18.8 Å². The van der Waals surface area contributed by atoms with Crippen molar-refractivity contribution >= 4 is 6.21 Å². The van der Waals surface area contributed by atoms with Crippen LogP contribution in [0.4, 0.5) is 0 Å². The van der Waals surface area contributed by atoms with Gasteiger partial charge in [0.05, 0.1) is 12.6 Å². The summed E-state index contributed by atoms with van der Waals surface area (Å²) in [7, 11) is 1.99. The van der Waals surface area contributed by atoms with Gasteiger partial charge in [-0.3, -0.25) is 5.01 Å². The average molecular weight is 206 g/mol. The Morgan fingerprint density at radius 1 is 1.53 bits per heavy atom. The van der Waals surface area contributed by atoms with Gasteiger partial charge in [0.2, 0.25) is 0 Å². The first-order valence-electron chi connectivity index (χ1n) is 4.93.